The van der Waals surface area contributed by atoms with E-state index < -0.39 is 23.0 Å². The third-order valence-electron chi connectivity index (χ3n) is 2.52. The van der Waals surface area contributed by atoms with Crippen LogP contribution in [0, 0.1) is 5.82 Å². The molecule has 0 aromatic carbocycles. The highest BCUT2D eigenvalue weighted by Gasteiger charge is 2.07. The molecule has 2 aromatic rings. The van der Waals surface area contributed by atoms with Gasteiger partial charge in [0, 0.05) is 6.20 Å². The Bertz CT molecular complexity index is 750. The number of hydrazine groups is 1. The van der Waals surface area contributed by atoms with E-state index in [0.717, 1.165) is 10.8 Å². The third-order valence-corrected chi connectivity index (χ3v) is 2.52. The van der Waals surface area contributed by atoms with Crippen molar-refractivity contribution in [2.45, 2.75) is 6.54 Å². The minimum atomic E-state index is -1.07. The fourth-order valence-electron chi connectivity index (χ4n) is 1.51. The molecule has 0 aliphatic rings. The van der Waals surface area contributed by atoms with Crippen molar-refractivity contribution in [3.63, 3.8) is 0 Å². The monoisotopic (exact) mass is 279 g/mol. The van der Waals surface area contributed by atoms with Gasteiger partial charge in [0.25, 0.3) is 11.5 Å². The molecule has 0 aliphatic heterocycles. The van der Waals surface area contributed by atoms with Gasteiger partial charge >= 0.3 is 5.69 Å². The van der Waals surface area contributed by atoms with Gasteiger partial charge in [-0.1, -0.05) is 0 Å². The van der Waals surface area contributed by atoms with Crippen molar-refractivity contribution in [2.75, 3.05) is 0 Å². The Hall–Kier alpha value is -2.81. The molecule has 2 rings (SSSR count). The summed E-state index contributed by atoms with van der Waals surface area (Å²) in [5.41, 5.74) is 0.783. The maximum atomic E-state index is 13.1. The van der Waals surface area contributed by atoms with Crippen molar-refractivity contribution in [3.05, 3.63) is 62.4 Å². The smallest absolute Gasteiger partial charge is 0.292 e. The summed E-state index contributed by atoms with van der Waals surface area (Å²) in [6.45, 7) is -0.0446. The van der Waals surface area contributed by atoms with E-state index in [9.17, 15) is 18.8 Å². The highest BCUT2D eigenvalue weighted by atomic mass is 19.1. The van der Waals surface area contributed by atoms with Crippen LogP contribution < -0.4 is 22.5 Å². The highest BCUT2D eigenvalue weighted by Crippen LogP contribution is 2.01. The zero-order valence-electron chi connectivity index (χ0n) is 10.1. The number of pyridine rings is 1. The fraction of sp³-hybridized carbons (Fsp3) is 0.0909. The number of aromatic amines is 1. The quantitative estimate of drug-likeness (QED) is 0.367. The topological polar surface area (TPSA) is 123 Å². The van der Waals surface area contributed by atoms with Crippen molar-refractivity contribution in [1.29, 1.82) is 0 Å². The SMILES string of the molecule is NNC(=O)c1ccc(Cn2cc(F)c(=O)[nH]c2=O)nc1. The number of nitrogens with zero attached hydrogens (tertiary/aromatic N) is 2. The average Bonchev–Trinajstić information content (AvgIpc) is 2.44. The second-order valence-corrected chi connectivity index (χ2v) is 3.88. The van der Waals surface area contributed by atoms with Gasteiger partial charge in [0.15, 0.2) is 0 Å². The number of rotatable bonds is 3. The van der Waals surface area contributed by atoms with Crippen molar-refractivity contribution >= 4 is 5.91 Å². The van der Waals surface area contributed by atoms with Crippen LogP contribution in [-0.2, 0) is 6.54 Å². The molecule has 4 N–H and O–H groups in total. The van der Waals surface area contributed by atoms with Crippen LogP contribution >= 0.6 is 0 Å². The maximum Gasteiger partial charge on any atom is 0.328 e. The normalized spacial score (nSPS) is 10.3. The molecule has 1 amide bonds. The lowest BCUT2D eigenvalue weighted by Crippen LogP contribution is -2.32. The first-order valence-corrected chi connectivity index (χ1v) is 5.46. The van der Waals surface area contributed by atoms with E-state index in [1.165, 1.54) is 18.3 Å². The lowest BCUT2D eigenvalue weighted by atomic mass is 10.2. The zero-order chi connectivity index (χ0) is 14.7. The summed E-state index contributed by atoms with van der Waals surface area (Å²) in [5.74, 6) is 3.40. The van der Waals surface area contributed by atoms with Gasteiger partial charge in [-0.15, -0.1) is 0 Å². The van der Waals surface area contributed by atoms with Crippen molar-refractivity contribution < 1.29 is 9.18 Å². The van der Waals surface area contributed by atoms with Gasteiger partial charge in [0.2, 0.25) is 5.82 Å². The molecule has 20 heavy (non-hydrogen) atoms. The summed E-state index contributed by atoms with van der Waals surface area (Å²) in [5, 5.41) is 0. The Kier molecular flexibility index (Phi) is 3.71. The molecule has 2 heterocycles. The molecular weight excluding hydrogens is 269 g/mol. The van der Waals surface area contributed by atoms with Crippen molar-refractivity contribution in [1.82, 2.24) is 20.0 Å². The number of nitrogens with one attached hydrogen (secondary N) is 2. The third kappa shape index (κ3) is 2.78. The highest BCUT2D eigenvalue weighted by molar-refractivity contribution is 5.93. The van der Waals surface area contributed by atoms with Crippen LogP contribution in [0.15, 0.2) is 34.1 Å². The largest absolute Gasteiger partial charge is 0.328 e. The number of H-pyrrole nitrogens is 1. The lowest BCUT2D eigenvalue weighted by molar-refractivity contribution is 0.0953. The number of hydrogen-bond acceptors (Lipinski definition) is 5. The van der Waals surface area contributed by atoms with E-state index in [1.807, 2.05) is 10.4 Å². The van der Waals surface area contributed by atoms with Gasteiger partial charge in [-0.25, -0.2) is 10.6 Å². The Balaban J connectivity index is 2.27. The molecule has 2 aromatic heterocycles. The predicted octanol–water partition coefficient (Wildman–Crippen LogP) is -1.28. The van der Waals surface area contributed by atoms with E-state index in [4.69, 9.17) is 5.84 Å². The number of hydrogen-bond donors (Lipinski definition) is 3. The second kappa shape index (κ2) is 5.45. The molecule has 0 bridgehead atoms. The first kappa shape index (κ1) is 13.6. The molecule has 0 saturated heterocycles. The van der Waals surface area contributed by atoms with E-state index in [-0.39, 0.29) is 12.1 Å². The number of nitrogens with two attached hydrogens (primary N) is 1. The van der Waals surface area contributed by atoms with Gasteiger partial charge < -0.3 is 0 Å². The molecule has 0 unspecified atom stereocenters. The summed E-state index contributed by atoms with van der Waals surface area (Å²) in [7, 11) is 0. The van der Waals surface area contributed by atoms with E-state index in [1.54, 1.807) is 0 Å². The Morgan fingerprint density at radius 1 is 1.45 bits per heavy atom. The summed E-state index contributed by atoms with van der Waals surface area (Å²) < 4.78 is 14.0. The van der Waals surface area contributed by atoms with E-state index in [0.29, 0.717) is 5.69 Å². The van der Waals surface area contributed by atoms with Gasteiger partial charge in [-0.2, -0.15) is 4.39 Å². The fourth-order valence-corrected chi connectivity index (χ4v) is 1.51. The van der Waals surface area contributed by atoms with Crippen molar-refractivity contribution in [3.8, 4) is 0 Å². The molecule has 0 spiro atoms. The zero-order valence-corrected chi connectivity index (χ0v) is 10.1. The predicted molar refractivity (Wildman–Crippen MR) is 66.3 cm³/mol. The molecule has 0 atom stereocenters. The lowest BCUT2D eigenvalue weighted by Gasteiger charge is -2.05. The van der Waals surface area contributed by atoms with Crippen molar-refractivity contribution in [2.24, 2.45) is 5.84 Å². The molecule has 0 radical (unpaired) electrons. The number of aromatic nitrogens is 3. The Morgan fingerprint density at radius 2 is 2.20 bits per heavy atom. The summed E-state index contributed by atoms with van der Waals surface area (Å²) in [6, 6.07) is 2.94. The minimum absolute atomic E-state index is 0.0446. The first-order chi connectivity index (χ1) is 9.51. The van der Waals surface area contributed by atoms with Crippen LogP contribution in [0.4, 0.5) is 4.39 Å². The minimum Gasteiger partial charge on any atom is -0.292 e. The summed E-state index contributed by atoms with van der Waals surface area (Å²) in [6.07, 6.45) is 2.06. The van der Waals surface area contributed by atoms with Gasteiger partial charge in [-0.3, -0.25) is 29.5 Å². The second-order valence-electron chi connectivity index (χ2n) is 3.88. The number of nitrogen functional groups attached to an aromatic ring is 1. The van der Waals surface area contributed by atoms with Crippen LogP contribution in [0.2, 0.25) is 0 Å². The van der Waals surface area contributed by atoms with Crippen LogP contribution in [0.25, 0.3) is 0 Å². The number of halogens is 1. The number of amides is 1. The first-order valence-electron chi connectivity index (χ1n) is 5.46. The molecule has 9 heteroatoms. The summed E-state index contributed by atoms with van der Waals surface area (Å²) >= 11 is 0. The molecule has 104 valence electrons. The molecule has 8 nitrogen and oxygen atoms in total. The van der Waals surface area contributed by atoms with Crippen LogP contribution in [0.1, 0.15) is 16.1 Å². The van der Waals surface area contributed by atoms with E-state index in [2.05, 4.69) is 4.98 Å². The van der Waals surface area contributed by atoms with Crippen LogP contribution in [0.5, 0.6) is 0 Å². The number of carbonyl (C=O) groups excluding carboxylic acids is 1. The molecule has 0 aliphatic carbocycles. The van der Waals surface area contributed by atoms with Gasteiger partial charge in [-0.05, 0) is 12.1 Å². The molecular formula is C11H10FN5O3. The van der Waals surface area contributed by atoms with Gasteiger partial charge in [0.1, 0.15) is 0 Å². The van der Waals surface area contributed by atoms with Crippen LogP contribution in [-0.4, -0.2) is 20.4 Å². The Morgan fingerprint density at radius 3 is 2.80 bits per heavy atom. The van der Waals surface area contributed by atoms with Crippen LogP contribution in [0.3, 0.4) is 0 Å². The van der Waals surface area contributed by atoms with Gasteiger partial charge in [0.05, 0.1) is 24.0 Å². The Labute approximate surface area is 111 Å². The number of carbonyl (C=O) groups is 1. The van der Waals surface area contributed by atoms with E-state index >= 15 is 0 Å². The average molecular weight is 279 g/mol. The molecule has 0 saturated carbocycles. The maximum absolute atomic E-state index is 13.1. The summed E-state index contributed by atoms with van der Waals surface area (Å²) in [4.78, 5) is 39.3. The standard InChI is InChI=1S/C11H10FN5O3/c12-8-5-17(11(20)15-10(8)19)4-7-2-1-6(3-14-7)9(18)16-13/h1-3,5H,4,13H2,(H,16,18)(H,15,19,20). The molecule has 0 fully saturated rings.